The van der Waals surface area contributed by atoms with Crippen molar-refractivity contribution in [1.82, 2.24) is 10.2 Å². The number of benzene rings is 2. The maximum Gasteiger partial charge on any atom is 0.251 e. The van der Waals surface area contributed by atoms with Crippen LogP contribution in [0.15, 0.2) is 42.5 Å². The quantitative estimate of drug-likeness (QED) is 0.875. The predicted octanol–water partition coefficient (Wildman–Crippen LogP) is 2.91. The molecule has 1 amide bonds. The van der Waals surface area contributed by atoms with Crippen LogP contribution in [-0.2, 0) is 0 Å². The van der Waals surface area contributed by atoms with Gasteiger partial charge in [0.05, 0.1) is 0 Å². The van der Waals surface area contributed by atoms with E-state index in [0.29, 0.717) is 6.54 Å². The van der Waals surface area contributed by atoms with Gasteiger partial charge >= 0.3 is 0 Å². The molecule has 2 rings (SSSR count). The summed E-state index contributed by atoms with van der Waals surface area (Å²) in [7, 11) is 0. The lowest BCUT2D eigenvalue weighted by Gasteiger charge is -2.18. The summed E-state index contributed by atoms with van der Waals surface area (Å²) in [6.45, 7) is 7.88. The maximum atomic E-state index is 12.1. The summed E-state index contributed by atoms with van der Waals surface area (Å²) in [5.41, 5.74) is 0.725. The fourth-order valence-electron chi connectivity index (χ4n) is 2.30. The standard InChI is InChI=1S/C17H22N2O/c1-3-19(4-2)12-11-18-17(20)16-10-9-14-7-5-6-8-15(14)13-16/h5-10,13H,3-4,11-12H2,1-2H3,(H,18,20). The zero-order valence-corrected chi connectivity index (χ0v) is 12.2. The Labute approximate surface area is 120 Å². The smallest absolute Gasteiger partial charge is 0.251 e. The second-order valence-corrected chi connectivity index (χ2v) is 4.84. The van der Waals surface area contributed by atoms with Gasteiger partial charge in [-0.25, -0.2) is 0 Å². The molecule has 0 atom stereocenters. The first-order valence-corrected chi connectivity index (χ1v) is 7.24. The number of likely N-dealkylation sites (N-methyl/N-ethyl adjacent to an activating group) is 1. The van der Waals surface area contributed by atoms with Crippen molar-refractivity contribution >= 4 is 16.7 Å². The summed E-state index contributed by atoms with van der Waals surface area (Å²) in [5.74, 6) is 0.00269. The largest absolute Gasteiger partial charge is 0.351 e. The molecule has 1 N–H and O–H groups in total. The fraction of sp³-hybridized carbons (Fsp3) is 0.353. The lowest BCUT2D eigenvalue weighted by atomic mass is 10.1. The third-order valence-corrected chi connectivity index (χ3v) is 3.62. The Bertz CT molecular complexity index is 576. The summed E-state index contributed by atoms with van der Waals surface area (Å²) in [6, 6.07) is 13.9. The van der Waals surface area contributed by atoms with Gasteiger partial charge in [-0.15, -0.1) is 0 Å². The lowest BCUT2D eigenvalue weighted by Crippen LogP contribution is -2.34. The molecule has 3 nitrogen and oxygen atoms in total. The third-order valence-electron chi connectivity index (χ3n) is 3.62. The molecule has 0 aromatic heterocycles. The average molecular weight is 270 g/mol. The Morgan fingerprint density at radius 2 is 1.75 bits per heavy atom. The number of carbonyl (C=O) groups excluding carboxylic acids is 1. The van der Waals surface area contributed by atoms with Crippen LogP contribution in [-0.4, -0.2) is 37.0 Å². The van der Waals surface area contributed by atoms with Crippen LogP contribution in [0.4, 0.5) is 0 Å². The molecule has 0 fully saturated rings. The van der Waals surface area contributed by atoms with E-state index in [1.165, 1.54) is 0 Å². The van der Waals surface area contributed by atoms with Gasteiger partial charge in [0.15, 0.2) is 0 Å². The molecular weight excluding hydrogens is 248 g/mol. The highest BCUT2D eigenvalue weighted by atomic mass is 16.1. The highest BCUT2D eigenvalue weighted by Gasteiger charge is 2.06. The molecule has 3 heteroatoms. The number of rotatable bonds is 6. The van der Waals surface area contributed by atoms with Crippen LogP contribution in [0.25, 0.3) is 10.8 Å². The molecule has 0 unspecified atom stereocenters. The van der Waals surface area contributed by atoms with Gasteiger partial charge in [0.1, 0.15) is 0 Å². The first-order valence-electron chi connectivity index (χ1n) is 7.24. The summed E-state index contributed by atoms with van der Waals surface area (Å²) < 4.78 is 0. The number of amides is 1. The number of nitrogens with zero attached hydrogens (tertiary/aromatic N) is 1. The van der Waals surface area contributed by atoms with Crippen molar-refractivity contribution in [2.75, 3.05) is 26.2 Å². The topological polar surface area (TPSA) is 32.3 Å². The van der Waals surface area contributed by atoms with Gasteiger partial charge in [-0.1, -0.05) is 44.2 Å². The van der Waals surface area contributed by atoms with Gasteiger partial charge in [0.25, 0.3) is 5.91 Å². The molecule has 0 spiro atoms. The van der Waals surface area contributed by atoms with Crippen molar-refractivity contribution in [2.45, 2.75) is 13.8 Å². The molecule has 0 aliphatic rings. The monoisotopic (exact) mass is 270 g/mol. The van der Waals surface area contributed by atoms with E-state index in [-0.39, 0.29) is 5.91 Å². The Kier molecular flexibility index (Phi) is 5.13. The number of fused-ring (bicyclic) bond motifs is 1. The minimum Gasteiger partial charge on any atom is -0.351 e. The molecule has 0 saturated carbocycles. The van der Waals surface area contributed by atoms with Gasteiger partial charge in [-0.05, 0) is 36.0 Å². The minimum absolute atomic E-state index is 0.00269. The maximum absolute atomic E-state index is 12.1. The number of nitrogens with one attached hydrogen (secondary N) is 1. The second-order valence-electron chi connectivity index (χ2n) is 4.84. The van der Waals surface area contributed by atoms with Crippen molar-refractivity contribution in [2.24, 2.45) is 0 Å². The molecule has 2 aromatic carbocycles. The van der Waals surface area contributed by atoms with Crippen molar-refractivity contribution in [3.63, 3.8) is 0 Å². The van der Waals surface area contributed by atoms with E-state index in [1.807, 2.05) is 36.4 Å². The highest BCUT2D eigenvalue weighted by molar-refractivity contribution is 5.98. The molecule has 0 saturated heterocycles. The summed E-state index contributed by atoms with van der Waals surface area (Å²) in [5, 5.41) is 5.24. The molecule has 106 valence electrons. The van der Waals surface area contributed by atoms with Crippen LogP contribution in [0.3, 0.4) is 0 Å². The van der Waals surface area contributed by atoms with E-state index >= 15 is 0 Å². The zero-order valence-electron chi connectivity index (χ0n) is 12.2. The van der Waals surface area contributed by atoms with Crippen molar-refractivity contribution < 1.29 is 4.79 Å². The molecule has 2 aromatic rings. The van der Waals surface area contributed by atoms with E-state index in [4.69, 9.17) is 0 Å². The molecular formula is C17H22N2O. The van der Waals surface area contributed by atoms with Crippen molar-refractivity contribution in [3.8, 4) is 0 Å². The third kappa shape index (κ3) is 3.58. The molecule has 0 heterocycles. The highest BCUT2D eigenvalue weighted by Crippen LogP contribution is 2.15. The van der Waals surface area contributed by atoms with E-state index in [9.17, 15) is 4.79 Å². The van der Waals surface area contributed by atoms with Crippen LogP contribution in [0.5, 0.6) is 0 Å². The van der Waals surface area contributed by atoms with E-state index < -0.39 is 0 Å². The summed E-state index contributed by atoms with van der Waals surface area (Å²) in [4.78, 5) is 14.4. The van der Waals surface area contributed by atoms with Gasteiger partial charge in [0, 0.05) is 18.7 Å². The molecule has 0 bridgehead atoms. The van der Waals surface area contributed by atoms with Gasteiger partial charge < -0.3 is 10.2 Å². The predicted molar refractivity (Wildman–Crippen MR) is 84.1 cm³/mol. The number of hydrogen-bond acceptors (Lipinski definition) is 2. The first-order chi connectivity index (χ1) is 9.74. The molecule has 0 aliphatic heterocycles. The van der Waals surface area contributed by atoms with Gasteiger partial charge in [0.2, 0.25) is 0 Å². The average Bonchev–Trinajstić information content (AvgIpc) is 2.51. The Hall–Kier alpha value is -1.87. The van der Waals surface area contributed by atoms with Gasteiger partial charge in [-0.2, -0.15) is 0 Å². The molecule has 20 heavy (non-hydrogen) atoms. The summed E-state index contributed by atoms with van der Waals surface area (Å²) in [6.07, 6.45) is 0. The van der Waals surface area contributed by atoms with Crippen LogP contribution < -0.4 is 5.32 Å². The first kappa shape index (κ1) is 14.5. The number of carbonyl (C=O) groups is 1. The van der Waals surface area contributed by atoms with Crippen LogP contribution in [0, 0.1) is 0 Å². The van der Waals surface area contributed by atoms with E-state index in [2.05, 4.69) is 30.1 Å². The SMILES string of the molecule is CCN(CC)CCNC(=O)c1ccc2ccccc2c1. The molecule has 0 aliphatic carbocycles. The Morgan fingerprint density at radius 3 is 2.45 bits per heavy atom. The second kappa shape index (κ2) is 7.06. The van der Waals surface area contributed by atoms with Crippen molar-refractivity contribution in [1.29, 1.82) is 0 Å². The van der Waals surface area contributed by atoms with Crippen molar-refractivity contribution in [3.05, 3.63) is 48.0 Å². The van der Waals surface area contributed by atoms with E-state index in [0.717, 1.165) is 36.0 Å². The Morgan fingerprint density at radius 1 is 1.05 bits per heavy atom. The normalized spacial score (nSPS) is 10.9. The van der Waals surface area contributed by atoms with Crippen LogP contribution in [0.1, 0.15) is 24.2 Å². The van der Waals surface area contributed by atoms with Crippen LogP contribution in [0.2, 0.25) is 0 Å². The molecule has 0 radical (unpaired) electrons. The van der Waals surface area contributed by atoms with Crippen LogP contribution >= 0.6 is 0 Å². The van der Waals surface area contributed by atoms with E-state index in [1.54, 1.807) is 0 Å². The Balaban J connectivity index is 1.97. The zero-order chi connectivity index (χ0) is 14.4. The fourth-order valence-corrected chi connectivity index (χ4v) is 2.30. The van der Waals surface area contributed by atoms with Gasteiger partial charge in [-0.3, -0.25) is 4.79 Å². The summed E-state index contributed by atoms with van der Waals surface area (Å²) >= 11 is 0. The minimum atomic E-state index is 0.00269. The lowest BCUT2D eigenvalue weighted by molar-refractivity contribution is 0.0949. The number of hydrogen-bond donors (Lipinski definition) is 1.